The van der Waals surface area contributed by atoms with E-state index in [0.717, 1.165) is 22.6 Å². The van der Waals surface area contributed by atoms with Gasteiger partial charge < -0.3 is 5.32 Å². The molecule has 0 aliphatic rings. The second-order valence-electron chi connectivity index (χ2n) is 6.56. The molecule has 6 heteroatoms. The van der Waals surface area contributed by atoms with Crippen LogP contribution in [0.2, 0.25) is 0 Å². The summed E-state index contributed by atoms with van der Waals surface area (Å²) in [7, 11) is -1.47. The Kier molecular flexibility index (Phi) is 5.87. The van der Waals surface area contributed by atoms with E-state index in [0.29, 0.717) is 10.0 Å². The lowest BCUT2D eigenvalue weighted by molar-refractivity contribution is -0.117. The van der Waals surface area contributed by atoms with Gasteiger partial charge in [-0.15, -0.1) is 11.3 Å². The summed E-state index contributed by atoms with van der Waals surface area (Å²) in [4.78, 5) is 19.2. The van der Waals surface area contributed by atoms with Crippen molar-refractivity contribution < 1.29 is 9.00 Å². The van der Waals surface area contributed by atoms with Crippen LogP contribution in [-0.2, 0) is 22.0 Å². The van der Waals surface area contributed by atoms with E-state index in [9.17, 15) is 9.00 Å². The molecule has 3 rings (SSSR count). The van der Waals surface area contributed by atoms with Gasteiger partial charge in [-0.3, -0.25) is 9.00 Å². The van der Waals surface area contributed by atoms with Gasteiger partial charge in [0.1, 0.15) is 4.75 Å². The first-order chi connectivity index (χ1) is 12.9. The van der Waals surface area contributed by atoms with Crippen LogP contribution in [0.25, 0.3) is 11.3 Å². The van der Waals surface area contributed by atoms with Gasteiger partial charge >= 0.3 is 0 Å². The van der Waals surface area contributed by atoms with Crippen LogP contribution >= 0.6 is 11.3 Å². The molecular weight excluding hydrogens is 376 g/mol. The van der Waals surface area contributed by atoms with Crippen molar-refractivity contribution in [1.82, 2.24) is 4.98 Å². The van der Waals surface area contributed by atoms with E-state index in [1.165, 1.54) is 11.3 Å². The Balaban J connectivity index is 1.83. The average molecular weight is 399 g/mol. The van der Waals surface area contributed by atoms with Crippen molar-refractivity contribution in [2.75, 3.05) is 5.32 Å². The van der Waals surface area contributed by atoms with E-state index in [4.69, 9.17) is 0 Å². The van der Waals surface area contributed by atoms with Crippen LogP contribution < -0.4 is 5.32 Å². The number of anilines is 1. The summed E-state index contributed by atoms with van der Waals surface area (Å²) in [5, 5.41) is 3.41. The number of nitrogens with one attached hydrogen (secondary N) is 1. The van der Waals surface area contributed by atoms with Crippen LogP contribution in [0.15, 0.2) is 65.6 Å². The number of amides is 1. The second-order valence-corrected chi connectivity index (χ2v) is 9.67. The van der Waals surface area contributed by atoms with Crippen molar-refractivity contribution in [2.24, 2.45) is 0 Å². The second kappa shape index (κ2) is 8.15. The van der Waals surface area contributed by atoms with E-state index in [-0.39, 0.29) is 5.91 Å². The summed E-state index contributed by atoms with van der Waals surface area (Å²) in [6.07, 6.45) is 0.830. The van der Waals surface area contributed by atoms with Crippen molar-refractivity contribution >= 4 is 33.2 Å². The third-order valence-corrected chi connectivity index (χ3v) is 7.18. The van der Waals surface area contributed by atoms with E-state index >= 15 is 0 Å². The zero-order valence-electron chi connectivity index (χ0n) is 15.6. The number of thiazole rings is 1. The quantitative estimate of drug-likeness (QED) is 0.643. The van der Waals surface area contributed by atoms with E-state index in [2.05, 4.69) is 17.2 Å². The van der Waals surface area contributed by atoms with E-state index in [1.54, 1.807) is 26.0 Å². The van der Waals surface area contributed by atoms with Crippen molar-refractivity contribution in [3.8, 4) is 11.3 Å². The fourth-order valence-corrected chi connectivity index (χ4v) is 4.77. The van der Waals surface area contributed by atoms with E-state index in [1.807, 2.05) is 48.5 Å². The normalized spacial score (nSPS) is 12.6. The first kappa shape index (κ1) is 19.5. The molecule has 1 aromatic heterocycles. The fourth-order valence-electron chi connectivity index (χ4n) is 2.64. The highest BCUT2D eigenvalue weighted by atomic mass is 32.2. The van der Waals surface area contributed by atoms with Gasteiger partial charge in [0.2, 0.25) is 5.91 Å². The molecule has 1 unspecified atom stereocenters. The van der Waals surface area contributed by atoms with Gasteiger partial charge in [0, 0.05) is 15.3 Å². The van der Waals surface area contributed by atoms with Crippen molar-refractivity contribution in [3.05, 3.63) is 65.5 Å². The molecule has 27 heavy (non-hydrogen) atoms. The largest absolute Gasteiger partial charge is 0.301 e. The first-order valence-electron chi connectivity index (χ1n) is 8.77. The third-order valence-electron chi connectivity index (χ3n) is 4.25. The van der Waals surface area contributed by atoms with Gasteiger partial charge in [-0.25, -0.2) is 4.98 Å². The van der Waals surface area contributed by atoms with Crippen LogP contribution in [-0.4, -0.2) is 19.8 Å². The number of rotatable bonds is 6. The number of benzene rings is 2. The number of nitrogens with zero attached hydrogens (tertiary/aromatic N) is 1. The van der Waals surface area contributed by atoms with Gasteiger partial charge in [0.05, 0.1) is 16.5 Å². The Labute approximate surface area is 166 Å². The molecule has 1 N–H and O–H groups in total. The van der Waals surface area contributed by atoms with Crippen molar-refractivity contribution in [2.45, 2.75) is 36.8 Å². The Morgan fingerprint density at radius 3 is 2.26 bits per heavy atom. The lowest BCUT2D eigenvalue weighted by Gasteiger charge is -2.22. The van der Waals surface area contributed by atoms with Crippen LogP contribution in [0.1, 0.15) is 25.6 Å². The maximum Gasteiger partial charge on any atom is 0.244 e. The predicted molar refractivity (Wildman–Crippen MR) is 112 cm³/mol. The lowest BCUT2D eigenvalue weighted by Crippen LogP contribution is -2.41. The standard InChI is InChI=1S/C21H22N2O2S2/c1-4-17-18(15-11-7-5-8-12-15)22-20(26-17)23-19(24)21(2,3)27(25)16-13-9-6-10-14-16/h5-14H,4H2,1-3H3,(H,22,23,24). The molecule has 3 aromatic rings. The summed E-state index contributed by atoms with van der Waals surface area (Å²) < 4.78 is 11.8. The molecular formula is C21H22N2O2S2. The van der Waals surface area contributed by atoms with Crippen molar-refractivity contribution in [3.63, 3.8) is 0 Å². The molecule has 0 aliphatic carbocycles. The van der Waals surface area contributed by atoms with Crippen LogP contribution in [0, 0.1) is 0 Å². The SMILES string of the molecule is CCc1sc(NC(=O)C(C)(C)S(=O)c2ccccc2)nc1-c1ccccc1. The van der Waals surface area contributed by atoms with Gasteiger partial charge in [-0.1, -0.05) is 55.5 Å². The van der Waals surface area contributed by atoms with E-state index < -0.39 is 15.5 Å². The zero-order valence-corrected chi connectivity index (χ0v) is 17.2. The zero-order chi connectivity index (χ0) is 19.4. The molecule has 0 bridgehead atoms. The number of carbonyl (C=O) groups is 1. The smallest absolute Gasteiger partial charge is 0.244 e. The first-order valence-corrected chi connectivity index (χ1v) is 10.7. The van der Waals surface area contributed by atoms with Gasteiger partial charge in [0.15, 0.2) is 5.13 Å². The van der Waals surface area contributed by atoms with Gasteiger partial charge in [-0.2, -0.15) is 0 Å². The summed E-state index contributed by atoms with van der Waals surface area (Å²) in [6, 6.07) is 19.0. The lowest BCUT2D eigenvalue weighted by atomic mass is 10.1. The van der Waals surface area contributed by atoms with Crippen molar-refractivity contribution in [1.29, 1.82) is 0 Å². The molecule has 0 radical (unpaired) electrons. The monoisotopic (exact) mass is 398 g/mol. The highest BCUT2D eigenvalue weighted by Crippen LogP contribution is 2.32. The fraction of sp³-hybridized carbons (Fsp3) is 0.238. The topological polar surface area (TPSA) is 59.1 Å². The average Bonchev–Trinajstić information content (AvgIpc) is 3.11. The minimum Gasteiger partial charge on any atom is -0.301 e. The highest BCUT2D eigenvalue weighted by molar-refractivity contribution is 7.87. The number of aryl methyl sites for hydroxylation is 1. The molecule has 1 heterocycles. The van der Waals surface area contributed by atoms with Crippen LogP contribution in [0.5, 0.6) is 0 Å². The molecule has 140 valence electrons. The summed E-state index contributed by atoms with van der Waals surface area (Å²) in [6.45, 7) is 5.45. The van der Waals surface area contributed by atoms with Crippen LogP contribution in [0.4, 0.5) is 5.13 Å². The molecule has 0 fully saturated rings. The molecule has 0 saturated carbocycles. The number of hydrogen-bond acceptors (Lipinski definition) is 4. The van der Waals surface area contributed by atoms with Gasteiger partial charge in [0.25, 0.3) is 0 Å². The van der Waals surface area contributed by atoms with Gasteiger partial charge in [-0.05, 0) is 32.4 Å². The summed E-state index contributed by atoms with van der Waals surface area (Å²) >= 11 is 1.46. The maximum atomic E-state index is 12.9. The highest BCUT2D eigenvalue weighted by Gasteiger charge is 2.36. The molecule has 4 nitrogen and oxygen atoms in total. The minimum atomic E-state index is -1.47. The number of aromatic nitrogens is 1. The summed E-state index contributed by atoms with van der Waals surface area (Å²) in [5.74, 6) is -0.305. The Hall–Kier alpha value is -2.31. The molecule has 0 saturated heterocycles. The minimum absolute atomic E-state index is 0.305. The Morgan fingerprint density at radius 2 is 1.67 bits per heavy atom. The molecule has 2 aromatic carbocycles. The predicted octanol–water partition coefficient (Wildman–Crippen LogP) is 4.90. The number of carbonyl (C=O) groups excluding carboxylic acids is 1. The molecule has 0 spiro atoms. The number of hydrogen-bond donors (Lipinski definition) is 1. The molecule has 0 aliphatic heterocycles. The maximum absolute atomic E-state index is 12.9. The Bertz CT molecular complexity index is 951. The summed E-state index contributed by atoms with van der Waals surface area (Å²) in [5.41, 5.74) is 1.92. The third kappa shape index (κ3) is 4.17. The Morgan fingerprint density at radius 1 is 1.07 bits per heavy atom. The molecule has 1 amide bonds. The van der Waals surface area contributed by atoms with Crippen LogP contribution in [0.3, 0.4) is 0 Å². The molecule has 1 atom stereocenters.